The number of hydrogen-bond acceptors (Lipinski definition) is 4. The van der Waals surface area contributed by atoms with Crippen molar-refractivity contribution in [3.63, 3.8) is 0 Å². The van der Waals surface area contributed by atoms with Gasteiger partial charge in [0.1, 0.15) is 6.61 Å². The number of nitrogens with zero attached hydrogens (tertiary/aromatic N) is 1. The summed E-state index contributed by atoms with van der Waals surface area (Å²) in [6, 6.07) is 9.68. The standard InChI is InChI=1S/C14H18N2O3.ClH/c17-12-8-15-11-6-7-16(13(11)12)14(18)19-9-10-4-2-1-3-5-10;/h1-5,11-13,15,17H,6-9H2;1H. The molecular formula is C14H19ClN2O3. The molecule has 1 aromatic rings. The lowest BCUT2D eigenvalue weighted by molar-refractivity contribution is 0.0610. The smallest absolute Gasteiger partial charge is 0.410 e. The maximum atomic E-state index is 12.1. The summed E-state index contributed by atoms with van der Waals surface area (Å²) in [7, 11) is 0. The second kappa shape index (κ2) is 6.43. The fourth-order valence-electron chi connectivity index (χ4n) is 2.92. The summed E-state index contributed by atoms with van der Waals surface area (Å²) in [4.78, 5) is 13.7. The van der Waals surface area contributed by atoms with Crippen molar-refractivity contribution in [2.24, 2.45) is 0 Å². The number of likely N-dealkylation sites (tertiary alicyclic amines) is 1. The first-order chi connectivity index (χ1) is 9.25. The van der Waals surface area contributed by atoms with E-state index in [4.69, 9.17) is 4.74 Å². The van der Waals surface area contributed by atoms with Crippen molar-refractivity contribution >= 4 is 18.5 Å². The van der Waals surface area contributed by atoms with Crippen LogP contribution in [0.1, 0.15) is 12.0 Å². The normalized spacial score (nSPS) is 27.9. The number of nitrogens with one attached hydrogen (secondary N) is 1. The van der Waals surface area contributed by atoms with E-state index in [1.165, 1.54) is 0 Å². The van der Waals surface area contributed by atoms with Crippen LogP contribution in [0.15, 0.2) is 30.3 Å². The zero-order chi connectivity index (χ0) is 13.2. The van der Waals surface area contributed by atoms with Gasteiger partial charge in [-0.2, -0.15) is 0 Å². The third-order valence-corrected chi connectivity index (χ3v) is 3.88. The molecule has 0 saturated carbocycles. The Morgan fingerprint density at radius 1 is 1.40 bits per heavy atom. The first-order valence-electron chi connectivity index (χ1n) is 6.64. The summed E-state index contributed by atoms with van der Waals surface area (Å²) in [5, 5.41) is 13.1. The van der Waals surface area contributed by atoms with Gasteiger partial charge in [-0.25, -0.2) is 4.79 Å². The first kappa shape index (κ1) is 15.1. The van der Waals surface area contributed by atoms with Crippen molar-refractivity contribution in [3.8, 4) is 0 Å². The average Bonchev–Trinajstić information content (AvgIpc) is 3.01. The molecule has 0 bridgehead atoms. The molecule has 6 heteroatoms. The van der Waals surface area contributed by atoms with Crippen LogP contribution < -0.4 is 5.32 Å². The van der Waals surface area contributed by atoms with E-state index in [1.807, 2.05) is 30.3 Å². The Balaban J connectivity index is 0.00000147. The predicted octanol–water partition coefficient (Wildman–Crippen LogP) is 1.15. The van der Waals surface area contributed by atoms with Crippen LogP contribution >= 0.6 is 12.4 Å². The maximum absolute atomic E-state index is 12.1. The molecule has 0 spiro atoms. The van der Waals surface area contributed by atoms with Crippen LogP contribution in [0.3, 0.4) is 0 Å². The molecule has 3 unspecified atom stereocenters. The molecule has 2 aliphatic rings. The molecule has 1 aromatic carbocycles. The minimum atomic E-state index is -0.489. The Bertz CT molecular complexity index is 457. The molecule has 2 N–H and O–H groups in total. The summed E-state index contributed by atoms with van der Waals surface area (Å²) in [6.45, 7) is 1.47. The van der Waals surface area contributed by atoms with Gasteiger partial charge in [0.25, 0.3) is 0 Å². The Morgan fingerprint density at radius 2 is 2.15 bits per heavy atom. The predicted molar refractivity (Wildman–Crippen MR) is 76.8 cm³/mol. The molecule has 5 nitrogen and oxygen atoms in total. The highest BCUT2D eigenvalue weighted by atomic mass is 35.5. The van der Waals surface area contributed by atoms with Gasteiger partial charge in [0.15, 0.2) is 0 Å². The number of fused-ring (bicyclic) bond motifs is 1. The molecule has 2 saturated heterocycles. The van der Waals surface area contributed by atoms with E-state index in [-0.39, 0.29) is 37.2 Å². The highest BCUT2D eigenvalue weighted by Gasteiger charge is 2.45. The molecule has 0 radical (unpaired) electrons. The second-order valence-electron chi connectivity index (χ2n) is 5.09. The van der Waals surface area contributed by atoms with Crippen LogP contribution in [0.25, 0.3) is 0 Å². The molecule has 2 fully saturated rings. The van der Waals surface area contributed by atoms with Crippen molar-refractivity contribution in [1.29, 1.82) is 0 Å². The quantitative estimate of drug-likeness (QED) is 0.860. The van der Waals surface area contributed by atoms with Gasteiger partial charge >= 0.3 is 6.09 Å². The van der Waals surface area contributed by atoms with Crippen LogP contribution in [-0.4, -0.2) is 47.4 Å². The van der Waals surface area contributed by atoms with E-state index < -0.39 is 6.10 Å². The zero-order valence-electron chi connectivity index (χ0n) is 11.1. The lowest BCUT2D eigenvalue weighted by atomic mass is 10.1. The first-order valence-corrected chi connectivity index (χ1v) is 6.64. The van der Waals surface area contributed by atoms with E-state index in [0.29, 0.717) is 13.1 Å². The van der Waals surface area contributed by atoms with Crippen LogP contribution in [0, 0.1) is 0 Å². The lowest BCUT2D eigenvalue weighted by Crippen LogP contribution is -2.44. The largest absolute Gasteiger partial charge is 0.445 e. The molecule has 20 heavy (non-hydrogen) atoms. The Labute approximate surface area is 124 Å². The minimum absolute atomic E-state index is 0. The molecule has 3 atom stereocenters. The van der Waals surface area contributed by atoms with E-state index in [9.17, 15) is 9.90 Å². The molecule has 0 aliphatic carbocycles. The summed E-state index contributed by atoms with van der Waals surface area (Å²) in [5.41, 5.74) is 0.969. The number of aliphatic hydroxyl groups is 1. The van der Waals surface area contributed by atoms with E-state index in [2.05, 4.69) is 5.32 Å². The fraction of sp³-hybridized carbons (Fsp3) is 0.500. The topological polar surface area (TPSA) is 61.8 Å². The van der Waals surface area contributed by atoms with Crippen LogP contribution in [0.5, 0.6) is 0 Å². The molecule has 0 aromatic heterocycles. The number of benzene rings is 1. The van der Waals surface area contributed by atoms with Crippen molar-refractivity contribution in [2.75, 3.05) is 13.1 Å². The highest BCUT2D eigenvalue weighted by Crippen LogP contribution is 2.26. The van der Waals surface area contributed by atoms with Gasteiger partial charge in [0, 0.05) is 19.1 Å². The number of carbonyl (C=O) groups is 1. The van der Waals surface area contributed by atoms with Gasteiger partial charge < -0.3 is 20.1 Å². The molecule has 1 amide bonds. The number of ether oxygens (including phenoxy) is 1. The highest BCUT2D eigenvalue weighted by molar-refractivity contribution is 5.85. The average molecular weight is 299 g/mol. The number of halogens is 1. The van der Waals surface area contributed by atoms with Gasteiger partial charge in [-0.1, -0.05) is 30.3 Å². The maximum Gasteiger partial charge on any atom is 0.410 e. The Kier molecular flexibility index (Phi) is 4.86. The lowest BCUT2D eigenvalue weighted by Gasteiger charge is -2.25. The van der Waals surface area contributed by atoms with Gasteiger partial charge in [0.2, 0.25) is 0 Å². The number of amides is 1. The van der Waals surface area contributed by atoms with Crippen molar-refractivity contribution in [1.82, 2.24) is 10.2 Å². The summed E-state index contributed by atoms with van der Waals surface area (Å²) < 4.78 is 5.32. The number of β-amino-alcohol motifs (C(OH)–C–C–N with tert-alkyl or cyclic N) is 1. The van der Waals surface area contributed by atoms with Gasteiger partial charge in [-0.3, -0.25) is 0 Å². The van der Waals surface area contributed by atoms with Crippen LogP contribution in [0.2, 0.25) is 0 Å². The number of hydrogen-bond donors (Lipinski definition) is 2. The Morgan fingerprint density at radius 3 is 2.90 bits per heavy atom. The van der Waals surface area contributed by atoms with E-state index in [1.54, 1.807) is 4.90 Å². The van der Waals surface area contributed by atoms with Gasteiger partial charge in [-0.05, 0) is 12.0 Å². The number of rotatable bonds is 2. The third-order valence-electron chi connectivity index (χ3n) is 3.88. The molecular weight excluding hydrogens is 280 g/mol. The second-order valence-corrected chi connectivity index (χ2v) is 5.09. The van der Waals surface area contributed by atoms with E-state index in [0.717, 1.165) is 12.0 Å². The van der Waals surface area contributed by atoms with Crippen LogP contribution in [0.4, 0.5) is 4.79 Å². The minimum Gasteiger partial charge on any atom is -0.445 e. The summed E-state index contributed by atoms with van der Waals surface area (Å²) in [6.07, 6.45) is 0.0539. The van der Waals surface area contributed by atoms with E-state index >= 15 is 0 Å². The molecule has 110 valence electrons. The van der Waals surface area contributed by atoms with Gasteiger partial charge in [0.05, 0.1) is 12.1 Å². The monoisotopic (exact) mass is 298 g/mol. The summed E-state index contributed by atoms with van der Waals surface area (Å²) in [5.74, 6) is 0. The zero-order valence-corrected chi connectivity index (χ0v) is 11.9. The third kappa shape index (κ3) is 2.90. The van der Waals surface area contributed by atoms with Crippen LogP contribution in [-0.2, 0) is 11.3 Å². The molecule has 2 aliphatic heterocycles. The SMILES string of the molecule is Cl.O=C(OCc1ccccc1)N1CCC2NCC(O)C21. The van der Waals surface area contributed by atoms with Crippen molar-refractivity contribution in [3.05, 3.63) is 35.9 Å². The molecule has 2 heterocycles. The van der Waals surface area contributed by atoms with Gasteiger partial charge in [-0.15, -0.1) is 12.4 Å². The summed E-state index contributed by atoms with van der Waals surface area (Å²) >= 11 is 0. The number of aliphatic hydroxyl groups excluding tert-OH is 1. The van der Waals surface area contributed by atoms with Crippen molar-refractivity contribution < 1.29 is 14.6 Å². The molecule has 3 rings (SSSR count). The Hall–Kier alpha value is -1.30. The number of carbonyl (C=O) groups excluding carboxylic acids is 1. The fourth-order valence-corrected chi connectivity index (χ4v) is 2.92. The van der Waals surface area contributed by atoms with Crippen molar-refractivity contribution in [2.45, 2.75) is 31.2 Å².